The van der Waals surface area contributed by atoms with Crippen LogP contribution in [-0.2, 0) is 19.2 Å². The molecule has 4 rings (SSSR count). The number of carboxylic acids is 2. The molecule has 0 heterocycles. The summed E-state index contributed by atoms with van der Waals surface area (Å²) in [4.78, 5) is 49.0. The number of hydrogen-bond donors (Lipinski definition) is 4. The van der Waals surface area contributed by atoms with E-state index in [0.717, 1.165) is 38.5 Å². The molecule has 4 bridgehead atoms. The average Bonchev–Trinajstić information content (AvgIpc) is 3.49. The minimum Gasteiger partial charge on any atom is -0.481 e. The van der Waals surface area contributed by atoms with E-state index in [1.165, 1.54) is 0 Å². The van der Waals surface area contributed by atoms with Crippen LogP contribution >= 0.6 is 0 Å². The smallest absolute Gasteiger partial charge is 0.307 e. The van der Waals surface area contributed by atoms with Crippen LogP contribution in [0.5, 0.6) is 0 Å². The standard InChI is InChI=1S/C23H34N2O6/c1-23(2,9-24-19(26)15-11-3-5-13(7-11)17(15)21(28)29)10-25-20(27)16-12-4-6-14(8-12)18(16)22(30)31/h11-18H,3-10H2,1-2H3,(H,24,26)(H,25,27)(H,28,29)(H,30,31)/t11-,12+,13-,14-,15-,16+,17-,18-/m0/s1. The first kappa shape index (κ1) is 22.1. The normalized spacial score (nSPS) is 38.3. The topological polar surface area (TPSA) is 133 Å². The van der Waals surface area contributed by atoms with Crippen LogP contribution < -0.4 is 10.6 Å². The number of carboxylic acid groups (broad SMARTS) is 2. The molecule has 4 N–H and O–H groups in total. The van der Waals surface area contributed by atoms with Gasteiger partial charge >= 0.3 is 11.9 Å². The molecule has 8 atom stereocenters. The van der Waals surface area contributed by atoms with Crippen LogP contribution in [0.3, 0.4) is 0 Å². The molecular weight excluding hydrogens is 400 g/mol. The Morgan fingerprint density at radius 3 is 1.32 bits per heavy atom. The molecule has 4 aliphatic carbocycles. The second-order valence-corrected chi connectivity index (χ2v) is 11.0. The van der Waals surface area contributed by atoms with E-state index in [4.69, 9.17) is 0 Å². The number of amides is 2. The van der Waals surface area contributed by atoms with Gasteiger partial charge in [-0.3, -0.25) is 19.2 Å². The second-order valence-electron chi connectivity index (χ2n) is 11.0. The van der Waals surface area contributed by atoms with Crippen LogP contribution in [0.2, 0.25) is 0 Å². The first-order valence-electron chi connectivity index (χ1n) is 11.6. The van der Waals surface area contributed by atoms with Crippen molar-refractivity contribution in [3.63, 3.8) is 0 Å². The van der Waals surface area contributed by atoms with Crippen molar-refractivity contribution in [1.29, 1.82) is 0 Å². The lowest BCUT2D eigenvalue weighted by atomic mass is 9.78. The summed E-state index contributed by atoms with van der Waals surface area (Å²) < 4.78 is 0. The molecule has 31 heavy (non-hydrogen) atoms. The van der Waals surface area contributed by atoms with Gasteiger partial charge in [-0.25, -0.2) is 0 Å². The Bertz CT molecular complexity index is 718. The molecule has 0 aromatic rings. The highest BCUT2D eigenvalue weighted by molar-refractivity contribution is 5.87. The van der Waals surface area contributed by atoms with Crippen LogP contribution in [0.1, 0.15) is 52.4 Å². The van der Waals surface area contributed by atoms with Gasteiger partial charge in [-0.1, -0.05) is 13.8 Å². The molecule has 4 aliphatic rings. The van der Waals surface area contributed by atoms with Crippen LogP contribution in [0, 0.1) is 52.8 Å². The monoisotopic (exact) mass is 434 g/mol. The molecule has 0 aliphatic heterocycles. The highest BCUT2D eigenvalue weighted by Gasteiger charge is 2.55. The van der Waals surface area contributed by atoms with E-state index >= 15 is 0 Å². The van der Waals surface area contributed by atoms with Crippen LogP contribution in [0.25, 0.3) is 0 Å². The van der Waals surface area contributed by atoms with Gasteiger partial charge in [-0.15, -0.1) is 0 Å². The SMILES string of the molecule is CC(C)(CNC(=O)[C@@H]1[C@@H]2CC[C@@H](C2)[C@@H]1C(=O)O)CNC(=O)[C@H]1[C@H]2CC[C@@H](C2)[C@@H]1C(=O)O. The molecule has 0 aromatic heterocycles. The van der Waals surface area contributed by atoms with Crippen molar-refractivity contribution in [2.45, 2.75) is 52.4 Å². The Balaban J connectivity index is 1.29. The lowest BCUT2D eigenvalue weighted by molar-refractivity contribution is -0.149. The minimum atomic E-state index is -0.877. The maximum atomic E-state index is 12.8. The predicted molar refractivity (Wildman–Crippen MR) is 111 cm³/mol. The maximum absolute atomic E-state index is 12.8. The zero-order valence-corrected chi connectivity index (χ0v) is 18.3. The molecular formula is C23H34N2O6. The zero-order valence-electron chi connectivity index (χ0n) is 18.3. The Morgan fingerprint density at radius 2 is 1.00 bits per heavy atom. The van der Waals surface area contributed by atoms with E-state index < -0.39 is 41.0 Å². The van der Waals surface area contributed by atoms with Gasteiger partial charge in [0, 0.05) is 13.1 Å². The van der Waals surface area contributed by atoms with Crippen LogP contribution in [-0.4, -0.2) is 47.1 Å². The summed E-state index contributed by atoms with van der Waals surface area (Å²) in [6, 6.07) is 0. The van der Waals surface area contributed by atoms with Gasteiger partial charge in [0.25, 0.3) is 0 Å². The average molecular weight is 435 g/mol. The van der Waals surface area contributed by atoms with Crippen molar-refractivity contribution in [3.8, 4) is 0 Å². The fourth-order valence-corrected chi connectivity index (χ4v) is 7.00. The first-order valence-corrected chi connectivity index (χ1v) is 11.6. The summed E-state index contributed by atoms with van der Waals surface area (Å²) in [5.74, 6) is -3.74. The fraction of sp³-hybridized carbons (Fsp3) is 0.826. The van der Waals surface area contributed by atoms with E-state index in [1.54, 1.807) is 0 Å². The van der Waals surface area contributed by atoms with Crippen LogP contribution in [0.15, 0.2) is 0 Å². The number of aliphatic carboxylic acids is 2. The second kappa shape index (κ2) is 8.10. The van der Waals surface area contributed by atoms with Gasteiger partial charge in [0.15, 0.2) is 0 Å². The molecule has 4 fully saturated rings. The summed E-state index contributed by atoms with van der Waals surface area (Å²) in [5.41, 5.74) is -0.433. The quantitative estimate of drug-likeness (QED) is 0.460. The lowest BCUT2D eigenvalue weighted by Gasteiger charge is -2.31. The molecule has 0 spiro atoms. The zero-order chi connectivity index (χ0) is 22.5. The van der Waals surface area contributed by atoms with Crippen molar-refractivity contribution in [1.82, 2.24) is 10.6 Å². The van der Waals surface area contributed by atoms with Crippen molar-refractivity contribution in [2.75, 3.05) is 13.1 Å². The van der Waals surface area contributed by atoms with Gasteiger partial charge in [0.2, 0.25) is 11.8 Å². The van der Waals surface area contributed by atoms with Gasteiger partial charge < -0.3 is 20.8 Å². The fourth-order valence-electron chi connectivity index (χ4n) is 7.00. The summed E-state index contributed by atoms with van der Waals surface area (Å²) >= 11 is 0. The Hall–Kier alpha value is -2.12. The minimum absolute atomic E-state index is 0.106. The molecule has 0 saturated heterocycles. The highest BCUT2D eigenvalue weighted by atomic mass is 16.4. The lowest BCUT2D eigenvalue weighted by Crippen LogP contribution is -2.48. The summed E-state index contributed by atoms with van der Waals surface area (Å²) in [7, 11) is 0. The molecule has 2 amide bonds. The van der Waals surface area contributed by atoms with E-state index in [2.05, 4.69) is 10.6 Å². The van der Waals surface area contributed by atoms with Gasteiger partial charge in [-0.05, 0) is 67.6 Å². The van der Waals surface area contributed by atoms with Crippen molar-refractivity contribution in [2.24, 2.45) is 52.8 Å². The molecule has 4 saturated carbocycles. The number of hydrogen-bond acceptors (Lipinski definition) is 4. The molecule has 172 valence electrons. The predicted octanol–water partition coefficient (Wildman–Crippen LogP) is 1.74. The Morgan fingerprint density at radius 1 is 0.677 bits per heavy atom. The molecule has 8 nitrogen and oxygen atoms in total. The third kappa shape index (κ3) is 4.05. The van der Waals surface area contributed by atoms with E-state index in [9.17, 15) is 29.4 Å². The largest absolute Gasteiger partial charge is 0.481 e. The van der Waals surface area contributed by atoms with Crippen molar-refractivity contribution in [3.05, 3.63) is 0 Å². The van der Waals surface area contributed by atoms with E-state index in [1.807, 2.05) is 13.8 Å². The molecule has 8 heteroatoms. The van der Waals surface area contributed by atoms with Crippen molar-refractivity contribution < 1.29 is 29.4 Å². The van der Waals surface area contributed by atoms with E-state index in [0.29, 0.717) is 13.1 Å². The number of rotatable bonds is 8. The Labute approximate surface area is 182 Å². The maximum Gasteiger partial charge on any atom is 0.307 e. The van der Waals surface area contributed by atoms with E-state index in [-0.39, 0.29) is 35.5 Å². The third-order valence-electron chi connectivity index (χ3n) is 8.49. The third-order valence-corrected chi connectivity index (χ3v) is 8.49. The number of carbonyl (C=O) groups excluding carboxylic acids is 2. The molecule has 0 radical (unpaired) electrons. The first-order chi connectivity index (χ1) is 14.6. The summed E-state index contributed by atoms with van der Waals surface area (Å²) in [6.07, 6.45) is 5.26. The molecule has 0 unspecified atom stereocenters. The Kier molecular flexibility index (Phi) is 5.77. The van der Waals surface area contributed by atoms with Crippen LogP contribution in [0.4, 0.5) is 0 Å². The van der Waals surface area contributed by atoms with Gasteiger partial charge in [0.1, 0.15) is 0 Å². The number of carbonyl (C=O) groups is 4. The van der Waals surface area contributed by atoms with Gasteiger partial charge in [0.05, 0.1) is 23.7 Å². The summed E-state index contributed by atoms with van der Waals surface area (Å²) in [5, 5.41) is 25.0. The number of nitrogens with one attached hydrogen (secondary N) is 2. The number of fused-ring (bicyclic) bond motifs is 4. The molecule has 0 aromatic carbocycles. The van der Waals surface area contributed by atoms with Gasteiger partial charge in [-0.2, -0.15) is 0 Å². The van der Waals surface area contributed by atoms with Crippen molar-refractivity contribution >= 4 is 23.8 Å². The highest BCUT2D eigenvalue weighted by Crippen LogP contribution is 2.53. The summed E-state index contributed by atoms with van der Waals surface area (Å²) in [6.45, 7) is 4.51.